The van der Waals surface area contributed by atoms with Crippen molar-refractivity contribution in [2.45, 2.75) is 39.7 Å². The predicted octanol–water partition coefficient (Wildman–Crippen LogP) is 2.06. The lowest BCUT2D eigenvalue weighted by atomic mass is 9.96. The lowest BCUT2D eigenvalue weighted by Gasteiger charge is -2.34. The zero-order chi connectivity index (χ0) is 20.7. The zero-order valence-corrected chi connectivity index (χ0v) is 17.2. The highest BCUT2D eigenvalue weighted by Crippen LogP contribution is 2.20. The summed E-state index contributed by atoms with van der Waals surface area (Å²) < 4.78 is 5.07. The molecule has 0 aliphatic carbocycles. The van der Waals surface area contributed by atoms with E-state index in [-0.39, 0.29) is 30.2 Å². The Morgan fingerprint density at radius 2 is 1.82 bits per heavy atom. The molecule has 1 N–H and O–H groups in total. The van der Waals surface area contributed by atoms with Crippen LogP contribution in [0.3, 0.4) is 0 Å². The molecule has 1 fully saturated rings. The largest absolute Gasteiger partial charge is 0.466 e. The van der Waals surface area contributed by atoms with Crippen LogP contribution in [0, 0.1) is 12.8 Å². The molecule has 154 valence electrons. The van der Waals surface area contributed by atoms with Gasteiger partial charge in [-0.1, -0.05) is 17.7 Å². The van der Waals surface area contributed by atoms with Crippen LogP contribution in [-0.2, 0) is 19.1 Å². The fourth-order valence-corrected chi connectivity index (χ4v) is 3.25. The fourth-order valence-electron chi connectivity index (χ4n) is 3.25. The molecule has 1 saturated heterocycles. The Bertz CT molecular complexity index is 681. The average Bonchev–Trinajstić information content (AvgIpc) is 2.68. The van der Waals surface area contributed by atoms with Crippen molar-refractivity contribution >= 4 is 23.5 Å². The molecule has 1 aromatic rings. The van der Waals surface area contributed by atoms with E-state index >= 15 is 0 Å². The number of hydrogen-bond acceptors (Lipinski definition) is 5. The van der Waals surface area contributed by atoms with Gasteiger partial charge < -0.3 is 15.0 Å². The van der Waals surface area contributed by atoms with Gasteiger partial charge in [0.1, 0.15) is 0 Å². The number of piperidine rings is 1. The number of amides is 2. The SMILES string of the molecule is CCOC(=O)C1CCN(C(=O)[C@@H](C)N(C)CC(=O)Nc2ccc(C)cc2)CC1. The Kier molecular flexibility index (Phi) is 7.99. The molecule has 2 rings (SSSR count). The lowest BCUT2D eigenvalue weighted by Crippen LogP contribution is -2.50. The number of likely N-dealkylation sites (N-methyl/N-ethyl adjacent to an activating group) is 1. The van der Waals surface area contributed by atoms with Gasteiger partial charge in [0.05, 0.1) is 25.1 Å². The summed E-state index contributed by atoms with van der Waals surface area (Å²) in [5, 5.41) is 2.85. The van der Waals surface area contributed by atoms with Crippen molar-refractivity contribution in [1.82, 2.24) is 9.80 Å². The Morgan fingerprint density at radius 1 is 1.21 bits per heavy atom. The maximum atomic E-state index is 12.8. The number of likely N-dealkylation sites (tertiary alicyclic amines) is 1. The molecule has 1 heterocycles. The van der Waals surface area contributed by atoms with E-state index in [0.717, 1.165) is 11.3 Å². The van der Waals surface area contributed by atoms with Crippen LogP contribution in [0.5, 0.6) is 0 Å². The monoisotopic (exact) mass is 389 g/mol. The van der Waals surface area contributed by atoms with E-state index in [1.807, 2.05) is 31.2 Å². The van der Waals surface area contributed by atoms with Crippen molar-refractivity contribution in [1.29, 1.82) is 0 Å². The van der Waals surface area contributed by atoms with Gasteiger partial charge in [0.25, 0.3) is 0 Å². The molecule has 0 radical (unpaired) electrons. The first-order valence-electron chi connectivity index (χ1n) is 9.84. The average molecular weight is 389 g/mol. The van der Waals surface area contributed by atoms with Crippen LogP contribution >= 0.6 is 0 Å². The molecule has 1 atom stereocenters. The van der Waals surface area contributed by atoms with E-state index in [2.05, 4.69) is 5.32 Å². The first-order chi connectivity index (χ1) is 13.3. The van der Waals surface area contributed by atoms with Gasteiger partial charge in [-0.15, -0.1) is 0 Å². The van der Waals surface area contributed by atoms with Crippen LogP contribution in [-0.4, -0.2) is 66.9 Å². The van der Waals surface area contributed by atoms with Gasteiger partial charge >= 0.3 is 5.97 Å². The van der Waals surface area contributed by atoms with Gasteiger partial charge in [0, 0.05) is 18.8 Å². The highest BCUT2D eigenvalue weighted by atomic mass is 16.5. The number of nitrogens with zero attached hydrogens (tertiary/aromatic N) is 2. The minimum Gasteiger partial charge on any atom is -0.466 e. The van der Waals surface area contributed by atoms with E-state index in [0.29, 0.717) is 32.5 Å². The van der Waals surface area contributed by atoms with Gasteiger partial charge in [0.15, 0.2) is 0 Å². The third-order valence-electron chi connectivity index (χ3n) is 5.17. The van der Waals surface area contributed by atoms with Gasteiger partial charge in [-0.3, -0.25) is 19.3 Å². The molecule has 7 heteroatoms. The number of nitrogens with one attached hydrogen (secondary N) is 1. The first-order valence-corrected chi connectivity index (χ1v) is 9.84. The molecule has 28 heavy (non-hydrogen) atoms. The number of carbonyl (C=O) groups is 3. The number of ether oxygens (including phenoxy) is 1. The molecule has 0 unspecified atom stereocenters. The minimum atomic E-state index is -0.414. The highest BCUT2D eigenvalue weighted by Gasteiger charge is 2.31. The third-order valence-corrected chi connectivity index (χ3v) is 5.17. The fraction of sp³-hybridized carbons (Fsp3) is 0.571. The second-order valence-electron chi connectivity index (χ2n) is 7.36. The van der Waals surface area contributed by atoms with Crippen LogP contribution in [0.4, 0.5) is 5.69 Å². The molecular formula is C21H31N3O4. The molecule has 2 amide bonds. The molecule has 0 spiro atoms. The summed E-state index contributed by atoms with van der Waals surface area (Å²) >= 11 is 0. The summed E-state index contributed by atoms with van der Waals surface area (Å²) in [6, 6.07) is 7.17. The van der Waals surface area contributed by atoms with E-state index in [9.17, 15) is 14.4 Å². The molecule has 0 saturated carbocycles. The zero-order valence-electron chi connectivity index (χ0n) is 17.2. The van der Waals surface area contributed by atoms with Crippen molar-refractivity contribution in [2.75, 3.05) is 38.6 Å². The van der Waals surface area contributed by atoms with E-state index in [1.54, 1.807) is 30.7 Å². The second-order valence-corrected chi connectivity index (χ2v) is 7.36. The van der Waals surface area contributed by atoms with Crippen LogP contribution in [0.15, 0.2) is 24.3 Å². The van der Waals surface area contributed by atoms with Gasteiger partial charge in [-0.25, -0.2) is 0 Å². The summed E-state index contributed by atoms with van der Waals surface area (Å²) in [5.41, 5.74) is 1.87. The van der Waals surface area contributed by atoms with Gasteiger partial charge in [0.2, 0.25) is 11.8 Å². The smallest absolute Gasteiger partial charge is 0.309 e. The normalized spacial score (nSPS) is 16.0. The second kappa shape index (κ2) is 10.2. The Hall–Kier alpha value is -2.41. The molecule has 1 aliphatic heterocycles. The van der Waals surface area contributed by atoms with Crippen LogP contribution < -0.4 is 5.32 Å². The summed E-state index contributed by atoms with van der Waals surface area (Å²) in [4.78, 5) is 40.4. The van der Waals surface area contributed by atoms with Crippen LogP contribution in [0.2, 0.25) is 0 Å². The molecule has 1 aliphatic rings. The third kappa shape index (κ3) is 6.05. The number of anilines is 1. The van der Waals surface area contributed by atoms with E-state index in [4.69, 9.17) is 4.74 Å². The maximum absolute atomic E-state index is 12.8. The molecule has 0 bridgehead atoms. The topological polar surface area (TPSA) is 79.0 Å². The predicted molar refractivity (Wildman–Crippen MR) is 108 cm³/mol. The summed E-state index contributed by atoms with van der Waals surface area (Å²) in [5.74, 6) is -0.482. The minimum absolute atomic E-state index is 0.0204. The highest BCUT2D eigenvalue weighted by molar-refractivity contribution is 5.92. The van der Waals surface area contributed by atoms with Crippen molar-refractivity contribution in [3.05, 3.63) is 29.8 Å². The number of rotatable bonds is 7. The quantitative estimate of drug-likeness (QED) is 0.722. The van der Waals surface area contributed by atoms with Crippen LogP contribution in [0.1, 0.15) is 32.3 Å². The number of hydrogen-bond donors (Lipinski definition) is 1. The van der Waals surface area contributed by atoms with Gasteiger partial charge in [-0.2, -0.15) is 0 Å². The van der Waals surface area contributed by atoms with Crippen molar-refractivity contribution < 1.29 is 19.1 Å². The van der Waals surface area contributed by atoms with E-state index in [1.165, 1.54) is 0 Å². The van der Waals surface area contributed by atoms with Crippen molar-refractivity contribution in [2.24, 2.45) is 5.92 Å². The standard InChI is InChI=1S/C21H31N3O4/c1-5-28-21(27)17-10-12-24(13-11-17)20(26)16(3)23(4)14-19(25)22-18-8-6-15(2)7-9-18/h6-9,16-17H,5,10-14H2,1-4H3,(H,22,25)/t16-/m1/s1. The number of carbonyl (C=O) groups excluding carboxylic acids is 3. The maximum Gasteiger partial charge on any atom is 0.309 e. The number of aryl methyl sites for hydroxylation is 1. The molecule has 0 aromatic heterocycles. The van der Waals surface area contributed by atoms with Crippen molar-refractivity contribution in [3.8, 4) is 0 Å². The number of benzene rings is 1. The van der Waals surface area contributed by atoms with Crippen LogP contribution in [0.25, 0.3) is 0 Å². The summed E-state index contributed by atoms with van der Waals surface area (Å²) in [7, 11) is 1.77. The first kappa shape index (κ1) is 21.9. The Balaban J connectivity index is 1.81. The summed E-state index contributed by atoms with van der Waals surface area (Å²) in [6.45, 7) is 7.17. The molecular weight excluding hydrogens is 358 g/mol. The molecule has 7 nitrogen and oxygen atoms in total. The molecule has 1 aromatic carbocycles. The van der Waals surface area contributed by atoms with Gasteiger partial charge in [-0.05, 0) is 52.8 Å². The lowest BCUT2D eigenvalue weighted by molar-refractivity contribution is -0.152. The Morgan fingerprint density at radius 3 is 2.39 bits per heavy atom. The Labute approximate surface area is 167 Å². The summed E-state index contributed by atoms with van der Waals surface area (Å²) in [6.07, 6.45) is 1.24. The number of esters is 1. The van der Waals surface area contributed by atoms with Crippen molar-refractivity contribution in [3.63, 3.8) is 0 Å². The van der Waals surface area contributed by atoms with E-state index < -0.39 is 6.04 Å².